The van der Waals surface area contributed by atoms with Crippen LogP contribution in [0.25, 0.3) is 21.5 Å². The van der Waals surface area contributed by atoms with Crippen LogP contribution < -0.4 is 5.43 Å². The summed E-state index contributed by atoms with van der Waals surface area (Å²) in [4.78, 5) is 23.4. The highest BCUT2D eigenvalue weighted by atomic mass is 17.2. The zero-order valence-electron chi connectivity index (χ0n) is 13.7. The maximum absolute atomic E-state index is 12.8. The van der Waals surface area contributed by atoms with Crippen molar-refractivity contribution < 1.29 is 9.78 Å². The van der Waals surface area contributed by atoms with Crippen molar-refractivity contribution in [3.8, 4) is 0 Å². The molecule has 0 bridgehead atoms. The fourth-order valence-electron chi connectivity index (χ4n) is 3.46. The predicted octanol–water partition coefficient (Wildman–Crippen LogP) is 4.57. The van der Waals surface area contributed by atoms with Crippen molar-refractivity contribution >= 4 is 21.5 Å². The van der Waals surface area contributed by atoms with Crippen LogP contribution >= 0.6 is 0 Å². The molecule has 0 amide bonds. The molecule has 24 heavy (non-hydrogen) atoms. The first-order chi connectivity index (χ1) is 11.7. The standard InChI is InChI=1S/C21H20O3/c1-14(20-7-4-12-23-24-20)16-10-11-19-17(13-16)9-8-15-5-2-3-6-18(15)21(19)22/h2-3,5-6,8-11,13-14,20H,4,7,12H2,1H3. The highest BCUT2D eigenvalue weighted by molar-refractivity contribution is 5.93. The zero-order chi connectivity index (χ0) is 16.5. The summed E-state index contributed by atoms with van der Waals surface area (Å²) in [5.41, 5.74) is 1.26. The van der Waals surface area contributed by atoms with Crippen LogP contribution in [0.5, 0.6) is 0 Å². The third-order valence-corrected chi connectivity index (χ3v) is 4.96. The Balaban J connectivity index is 1.83. The van der Waals surface area contributed by atoms with Gasteiger partial charge in [0.2, 0.25) is 0 Å². The molecule has 0 radical (unpaired) electrons. The second kappa shape index (κ2) is 6.34. The summed E-state index contributed by atoms with van der Waals surface area (Å²) in [6, 6.07) is 17.9. The van der Waals surface area contributed by atoms with Crippen LogP contribution in [0.15, 0.2) is 59.4 Å². The molecule has 1 saturated heterocycles. The molecule has 2 unspecified atom stereocenters. The molecule has 1 aliphatic heterocycles. The lowest BCUT2D eigenvalue weighted by Gasteiger charge is -2.27. The van der Waals surface area contributed by atoms with Gasteiger partial charge in [-0.05, 0) is 29.2 Å². The summed E-state index contributed by atoms with van der Waals surface area (Å²) in [6.45, 7) is 2.82. The topological polar surface area (TPSA) is 35.5 Å². The first-order valence-corrected chi connectivity index (χ1v) is 8.48. The predicted molar refractivity (Wildman–Crippen MR) is 96.2 cm³/mol. The van der Waals surface area contributed by atoms with Gasteiger partial charge in [-0.2, -0.15) is 0 Å². The van der Waals surface area contributed by atoms with Crippen molar-refractivity contribution in [2.45, 2.75) is 31.8 Å². The van der Waals surface area contributed by atoms with Gasteiger partial charge >= 0.3 is 0 Å². The number of hydrogen-bond acceptors (Lipinski definition) is 3. The summed E-state index contributed by atoms with van der Waals surface area (Å²) in [5, 5.41) is 3.46. The highest BCUT2D eigenvalue weighted by Crippen LogP contribution is 2.29. The summed E-state index contributed by atoms with van der Waals surface area (Å²) >= 11 is 0. The molecule has 0 spiro atoms. The second-order valence-electron chi connectivity index (χ2n) is 6.48. The van der Waals surface area contributed by atoms with Crippen molar-refractivity contribution in [1.29, 1.82) is 0 Å². The third-order valence-electron chi connectivity index (χ3n) is 4.96. The molecule has 4 rings (SSSR count). The lowest BCUT2D eigenvalue weighted by molar-refractivity contribution is -0.347. The molecule has 3 nitrogen and oxygen atoms in total. The van der Waals surface area contributed by atoms with E-state index in [1.165, 1.54) is 5.56 Å². The van der Waals surface area contributed by atoms with E-state index in [9.17, 15) is 4.79 Å². The normalized spacial score (nSPS) is 19.5. The molecule has 3 aromatic carbocycles. The lowest BCUT2D eigenvalue weighted by atomic mass is 9.91. The first kappa shape index (κ1) is 15.3. The molecule has 2 atom stereocenters. The van der Waals surface area contributed by atoms with Crippen LogP contribution in [-0.2, 0) is 9.78 Å². The summed E-state index contributed by atoms with van der Waals surface area (Å²) in [6.07, 6.45) is 2.09. The van der Waals surface area contributed by atoms with Crippen LogP contribution in [-0.4, -0.2) is 12.7 Å². The maximum Gasteiger partial charge on any atom is 0.194 e. The largest absolute Gasteiger partial charge is 0.289 e. The van der Waals surface area contributed by atoms with Crippen LogP contribution in [0.3, 0.4) is 0 Å². The Labute approximate surface area is 140 Å². The molecule has 1 aliphatic rings. The van der Waals surface area contributed by atoms with Crippen molar-refractivity contribution in [2.75, 3.05) is 6.61 Å². The highest BCUT2D eigenvalue weighted by Gasteiger charge is 2.23. The minimum atomic E-state index is 0.0689. The van der Waals surface area contributed by atoms with E-state index in [4.69, 9.17) is 9.78 Å². The Morgan fingerprint density at radius 2 is 1.79 bits per heavy atom. The number of hydrogen-bond donors (Lipinski definition) is 0. The van der Waals surface area contributed by atoms with Crippen molar-refractivity contribution in [3.05, 3.63) is 70.4 Å². The number of rotatable bonds is 2. The van der Waals surface area contributed by atoms with E-state index in [1.54, 1.807) is 0 Å². The molecule has 1 heterocycles. The van der Waals surface area contributed by atoms with Crippen LogP contribution in [0.1, 0.15) is 31.2 Å². The molecule has 0 N–H and O–H groups in total. The van der Waals surface area contributed by atoms with Gasteiger partial charge in [-0.3, -0.25) is 4.79 Å². The average molecular weight is 320 g/mol. The second-order valence-corrected chi connectivity index (χ2v) is 6.48. The molecule has 0 saturated carbocycles. The molecule has 3 aromatic rings. The van der Waals surface area contributed by atoms with Crippen molar-refractivity contribution in [3.63, 3.8) is 0 Å². The average Bonchev–Trinajstić information content (AvgIpc) is 2.79. The van der Waals surface area contributed by atoms with Crippen LogP contribution in [0.2, 0.25) is 0 Å². The van der Waals surface area contributed by atoms with E-state index in [1.807, 2.05) is 48.5 Å². The van der Waals surface area contributed by atoms with E-state index in [2.05, 4.69) is 13.0 Å². The Kier molecular flexibility index (Phi) is 4.05. The molecule has 3 heteroatoms. The van der Waals surface area contributed by atoms with Gasteiger partial charge in [-0.15, -0.1) is 0 Å². The first-order valence-electron chi connectivity index (χ1n) is 8.48. The molecular weight excluding hydrogens is 300 g/mol. The van der Waals surface area contributed by atoms with Gasteiger partial charge in [0.25, 0.3) is 0 Å². The molecule has 0 aromatic heterocycles. The molecule has 0 aliphatic carbocycles. The van der Waals surface area contributed by atoms with E-state index >= 15 is 0 Å². The monoisotopic (exact) mass is 320 g/mol. The minimum absolute atomic E-state index is 0.0689. The van der Waals surface area contributed by atoms with Crippen molar-refractivity contribution in [2.24, 2.45) is 0 Å². The van der Waals surface area contributed by atoms with Gasteiger partial charge < -0.3 is 0 Å². The maximum atomic E-state index is 12.8. The zero-order valence-corrected chi connectivity index (χ0v) is 13.7. The molecule has 1 fully saturated rings. The van der Waals surface area contributed by atoms with Gasteiger partial charge in [-0.1, -0.05) is 61.5 Å². The van der Waals surface area contributed by atoms with E-state index in [0.717, 1.165) is 34.4 Å². The van der Waals surface area contributed by atoms with Gasteiger partial charge in [0.15, 0.2) is 5.43 Å². The van der Waals surface area contributed by atoms with Gasteiger partial charge in [0.05, 0.1) is 12.7 Å². The smallest absolute Gasteiger partial charge is 0.194 e. The van der Waals surface area contributed by atoms with Gasteiger partial charge in [0, 0.05) is 16.7 Å². The Bertz CT molecular complexity index is 942. The Hall–Kier alpha value is -2.23. The van der Waals surface area contributed by atoms with Crippen molar-refractivity contribution in [1.82, 2.24) is 0 Å². The van der Waals surface area contributed by atoms with Crippen LogP contribution in [0, 0.1) is 0 Å². The Morgan fingerprint density at radius 1 is 1.00 bits per heavy atom. The van der Waals surface area contributed by atoms with E-state index < -0.39 is 0 Å². The fraction of sp³-hybridized carbons (Fsp3) is 0.286. The fourth-order valence-corrected chi connectivity index (χ4v) is 3.46. The summed E-state index contributed by atoms with van der Waals surface area (Å²) in [5.74, 6) is 0.227. The summed E-state index contributed by atoms with van der Waals surface area (Å²) in [7, 11) is 0. The van der Waals surface area contributed by atoms with E-state index in [-0.39, 0.29) is 17.5 Å². The van der Waals surface area contributed by atoms with Gasteiger partial charge in [0.1, 0.15) is 0 Å². The SMILES string of the molecule is CC(c1ccc2c(=O)c3ccccc3ccc2c1)C1CCCOO1. The Morgan fingerprint density at radius 3 is 2.62 bits per heavy atom. The quantitative estimate of drug-likeness (QED) is 0.649. The minimum Gasteiger partial charge on any atom is -0.289 e. The van der Waals surface area contributed by atoms with E-state index in [0.29, 0.717) is 6.61 Å². The lowest BCUT2D eigenvalue weighted by Crippen LogP contribution is -2.25. The van der Waals surface area contributed by atoms with Gasteiger partial charge in [-0.25, -0.2) is 9.78 Å². The van der Waals surface area contributed by atoms with Crippen LogP contribution in [0.4, 0.5) is 0 Å². The molecular formula is C21H20O3. The summed E-state index contributed by atoms with van der Waals surface area (Å²) < 4.78 is 0. The molecule has 122 valence electrons. The number of fused-ring (bicyclic) bond motifs is 2. The number of benzene rings is 2. The third kappa shape index (κ3) is 2.70.